The van der Waals surface area contributed by atoms with Gasteiger partial charge >= 0.3 is 7.82 Å². The van der Waals surface area contributed by atoms with E-state index < -0.39 is 7.82 Å². The lowest BCUT2D eigenvalue weighted by atomic mass is 9.95. The summed E-state index contributed by atoms with van der Waals surface area (Å²) in [5.41, 5.74) is 0. The molecule has 0 aromatic heterocycles. The summed E-state index contributed by atoms with van der Waals surface area (Å²) >= 11 is 0. The summed E-state index contributed by atoms with van der Waals surface area (Å²) in [4.78, 5) is 21.6. The highest BCUT2D eigenvalue weighted by Gasteiger charge is 2.12. The van der Waals surface area contributed by atoms with Crippen molar-refractivity contribution in [3.8, 4) is 0 Å². The second kappa shape index (κ2) is 44.1. The first-order valence-corrected chi connectivity index (χ1v) is 22.3. The van der Waals surface area contributed by atoms with Crippen molar-refractivity contribution in [2.24, 2.45) is 11.8 Å². The van der Waals surface area contributed by atoms with Crippen molar-refractivity contribution in [2.75, 3.05) is 26.3 Å². The minimum Gasteiger partial charge on any atom is -0.381 e. The molecule has 0 heterocycles. The Labute approximate surface area is 296 Å². The Kier molecular flexibility index (Phi) is 48.2. The molecule has 0 aromatic rings. The largest absolute Gasteiger partial charge is 0.466 e. The lowest BCUT2D eigenvalue weighted by molar-refractivity contribution is 0.0590. The molecule has 0 rings (SSSR count). The first-order valence-electron chi connectivity index (χ1n) is 20.8. The third kappa shape index (κ3) is 55.7. The van der Waals surface area contributed by atoms with Crippen LogP contribution in [0.1, 0.15) is 221 Å². The summed E-state index contributed by atoms with van der Waals surface area (Å²) < 4.78 is 15.1. The maximum atomic E-state index is 8.88. The molecular formula is C40H88NO5P. The van der Waals surface area contributed by atoms with Gasteiger partial charge in [-0.15, -0.1) is 0 Å². The Morgan fingerprint density at radius 1 is 0.426 bits per heavy atom. The summed E-state index contributed by atoms with van der Waals surface area (Å²) in [6.45, 7) is 18.3. The summed E-state index contributed by atoms with van der Waals surface area (Å²) in [5, 5.41) is 3.57. The maximum absolute atomic E-state index is 8.88. The van der Waals surface area contributed by atoms with Gasteiger partial charge in [0.15, 0.2) is 0 Å². The number of rotatable bonds is 34. The highest BCUT2D eigenvalue weighted by Crippen LogP contribution is 2.26. The molecule has 0 saturated carbocycles. The fraction of sp³-hybridized carbons (Fsp3) is 1.00. The zero-order chi connectivity index (χ0) is 35.7. The summed E-state index contributed by atoms with van der Waals surface area (Å²) in [6, 6.07) is 0. The number of ether oxygens (including phenoxy) is 1. The van der Waals surface area contributed by atoms with Gasteiger partial charge in [-0.25, -0.2) is 4.57 Å². The van der Waals surface area contributed by atoms with E-state index in [0.29, 0.717) is 0 Å². The van der Waals surface area contributed by atoms with Crippen molar-refractivity contribution in [1.82, 2.24) is 5.32 Å². The molecule has 0 saturated heterocycles. The van der Waals surface area contributed by atoms with Crippen LogP contribution < -0.4 is 5.32 Å². The molecule has 0 aliphatic rings. The molecule has 0 fully saturated rings. The van der Waals surface area contributed by atoms with Crippen molar-refractivity contribution < 1.29 is 24.0 Å². The Morgan fingerprint density at radius 3 is 1.00 bits per heavy atom. The predicted octanol–water partition coefficient (Wildman–Crippen LogP) is 12.9. The minimum atomic E-state index is -4.64. The van der Waals surface area contributed by atoms with E-state index in [1.165, 1.54) is 193 Å². The average molecular weight is 694 g/mol. The maximum Gasteiger partial charge on any atom is 0.466 e. The summed E-state index contributed by atoms with van der Waals surface area (Å²) in [5.74, 6) is 1.62. The Bertz CT molecular complexity index is 543. The van der Waals surface area contributed by atoms with Crippen LogP contribution in [0.4, 0.5) is 0 Å². The smallest absolute Gasteiger partial charge is 0.381 e. The molecule has 47 heavy (non-hydrogen) atoms. The van der Waals surface area contributed by atoms with Crippen molar-refractivity contribution >= 4 is 7.82 Å². The summed E-state index contributed by atoms with van der Waals surface area (Å²) in [7, 11) is -4.64. The van der Waals surface area contributed by atoms with Gasteiger partial charge in [-0.2, -0.15) is 0 Å². The van der Waals surface area contributed by atoms with Crippen molar-refractivity contribution in [3.05, 3.63) is 0 Å². The van der Waals surface area contributed by atoms with E-state index in [-0.39, 0.29) is 0 Å². The molecule has 0 amide bonds. The van der Waals surface area contributed by atoms with Crippen LogP contribution in [0, 0.1) is 11.8 Å². The highest BCUT2D eigenvalue weighted by molar-refractivity contribution is 7.45. The van der Waals surface area contributed by atoms with Gasteiger partial charge in [-0.3, -0.25) is 0 Å². The quantitative estimate of drug-likeness (QED) is 0.0395. The molecule has 0 aliphatic carbocycles. The van der Waals surface area contributed by atoms with E-state index in [4.69, 9.17) is 24.0 Å². The zero-order valence-electron chi connectivity index (χ0n) is 32.9. The average Bonchev–Trinajstić information content (AvgIpc) is 3.03. The fourth-order valence-electron chi connectivity index (χ4n) is 5.91. The second-order valence-corrected chi connectivity index (χ2v) is 15.1. The molecule has 288 valence electrons. The van der Waals surface area contributed by atoms with E-state index in [0.717, 1.165) is 25.0 Å². The minimum absolute atomic E-state index is 0.809. The van der Waals surface area contributed by atoms with Gasteiger partial charge < -0.3 is 24.7 Å². The molecule has 7 heteroatoms. The zero-order valence-corrected chi connectivity index (χ0v) is 33.8. The molecule has 0 bridgehead atoms. The Balaban J connectivity index is -0.000000757. The highest BCUT2D eigenvalue weighted by atomic mass is 31.2. The van der Waals surface area contributed by atoms with Crippen LogP contribution in [0.5, 0.6) is 0 Å². The molecular weight excluding hydrogens is 605 g/mol. The number of hydrogen-bond acceptors (Lipinski definition) is 3. The first kappa shape index (κ1) is 51.4. The number of nitrogens with one attached hydrogen (secondary N) is 1. The molecule has 0 aromatic carbocycles. The lowest BCUT2D eigenvalue weighted by Crippen LogP contribution is -2.16. The normalized spacial score (nSPS) is 12.6. The molecule has 2 atom stereocenters. The third-order valence-electron chi connectivity index (χ3n) is 8.99. The molecule has 6 nitrogen and oxygen atoms in total. The van der Waals surface area contributed by atoms with Crippen LogP contribution in [0.25, 0.3) is 0 Å². The molecule has 2 unspecified atom stereocenters. The van der Waals surface area contributed by atoms with E-state index in [1.807, 2.05) is 0 Å². The van der Waals surface area contributed by atoms with Crippen molar-refractivity contribution in [2.45, 2.75) is 221 Å². The van der Waals surface area contributed by atoms with Crippen LogP contribution in [0.2, 0.25) is 0 Å². The van der Waals surface area contributed by atoms with E-state index in [2.05, 4.69) is 46.9 Å². The van der Waals surface area contributed by atoms with Gasteiger partial charge in [0.05, 0.1) is 0 Å². The Morgan fingerprint density at radius 2 is 0.681 bits per heavy atom. The third-order valence-corrected chi connectivity index (χ3v) is 8.99. The van der Waals surface area contributed by atoms with Crippen molar-refractivity contribution in [1.29, 1.82) is 0 Å². The fourth-order valence-corrected chi connectivity index (χ4v) is 5.91. The molecule has 0 radical (unpaired) electrons. The molecule has 4 N–H and O–H groups in total. The number of phosphoric acid groups is 1. The lowest BCUT2D eigenvalue weighted by Gasteiger charge is -2.21. The van der Waals surface area contributed by atoms with Gasteiger partial charge in [-0.05, 0) is 63.5 Å². The SMILES string of the molecule is CCCCCCC(CCCC)COCC(CCCC)CCCCCC.CCCCCCCCNCCCCCCCC.O=P(O)(O)O. The first-order chi connectivity index (χ1) is 22.7. The molecule has 0 spiro atoms. The Hall–Kier alpha value is 0.0300. The van der Waals surface area contributed by atoms with Gasteiger partial charge in [-0.1, -0.05) is 183 Å². The number of unbranched alkanes of at least 4 members (excludes halogenated alkanes) is 18. The number of hydrogen-bond donors (Lipinski definition) is 4. The topological polar surface area (TPSA) is 99.0 Å². The van der Waals surface area contributed by atoms with E-state index in [9.17, 15) is 0 Å². The predicted molar refractivity (Wildman–Crippen MR) is 208 cm³/mol. The van der Waals surface area contributed by atoms with Crippen LogP contribution >= 0.6 is 7.82 Å². The van der Waals surface area contributed by atoms with Crippen LogP contribution in [0.15, 0.2) is 0 Å². The second-order valence-electron chi connectivity index (χ2n) is 14.1. The van der Waals surface area contributed by atoms with Crippen LogP contribution in [-0.2, 0) is 9.30 Å². The van der Waals surface area contributed by atoms with Gasteiger partial charge in [0, 0.05) is 13.2 Å². The van der Waals surface area contributed by atoms with Gasteiger partial charge in [0.2, 0.25) is 0 Å². The molecule has 0 aliphatic heterocycles. The summed E-state index contributed by atoms with van der Waals surface area (Å²) in [6.07, 6.45) is 38.9. The van der Waals surface area contributed by atoms with Crippen LogP contribution in [0.3, 0.4) is 0 Å². The standard InChI is InChI=1S/C24H50O.C16H35N.H3O4P/c1-5-9-13-15-19-23(17-11-7-3)21-25-22-24(18-12-8-4)20-16-14-10-6-2;1-3-5-7-9-11-13-15-17-16-14-12-10-8-6-4-2;1-5(2,3)4/h23-24H,5-22H2,1-4H3;17H,3-16H2,1-2H3;(H3,1,2,3,4). The van der Waals surface area contributed by atoms with Crippen LogP contribution in [-0.4, -0.2) is 41.0 Å². The van der Waals surface area contributed by atoms with E-state index in [1.54, 1.807) is 0 Å². The van der Waals surface area contributed by atoms with E-state index >= 15 is 0 Å². The van der Waals surface area contributed by atoms with Crippen molar-refractivity contribution in [3.63, 3.8) is 0 Å². The van der Waals surface area contributed by atoms with Gasteiger partial charge in [0.1, 0.15) is 0 Å². The monoisotopic (exact) mass is 694 g/mol. The van der Waals surface area contributed by atoms with Gasteiger partial charge in [0.25, 0.3) is 0 Å².